The van der Waals surface area contributed by atoms with Gasteiger partial charge in [-0.1, -0.05) is 41.5 Å². The van der Waals surface area contributed by atoms with Crippen LogP contribution in [0.1, 0.15) is 61.3 Å². The zero-order valence-corrected chi connectivity index (χ0v) is 20.1. The number of ether oxygens (including phenoxy) is 1. The monoisotopic (exact) mass is 374 g/mol. The molecule has 0 aromatic carbocycles. The van der Waals surface area contributed by atoms with Gasteiger partial charge in [-0.3, -0.25) is 0 Å². The molecule has 0 aromatic rings. The van der Waals surface area contributed by atoms with Crippen LogP contribution in [0, 0.1) is 0 Å². The van der Waals surface area contributed by atoms with E-state index in [1.54, 1.807) is 0 Å². The molecule has 0 N–H and O–H groups in total. The fourth-order valence-electron chi connectivity index (χ4n) is 2.38. The zero-order valence-electron chi connectivity index (χ0n) is 18.1. The average molecular weight is 375 g/mol. The van der Waals surface area contributed by atoms with Crippen molar-refractivity contribution >= 4 is 16.6 Å². The van der Waals surface area contributed by atoms with Crippen molar-refractivity contribution in [2.75, 3.05) is 6.61 Å². The maximum Gasteiger partial charge on any atom is 0.192 e. The Morgan fingerprint density at radius 1 is 0.917 bits per heavy atom. The molecule has 0 radical (unpaired) electrons. The van der Waals surface area contributed by atoms with Gasteiger partial charge in [-0.25, -0.2) is 0 Å². The van der Waals surface area contributed by atoms with Crippen LogP contribution in [0.4, 0.5) is 0 Å². The summed E-state index contributed by atoms with van der Waals surface area (Å²) >= 11 is 0. The van der Waals surface area contributed by atoms with E-state index in [0.29, 0.717) is 6.10 Å². The van der Waals surface area contributed by atoms with Crippen LogP contribution in [0.5, 0.6) is 0 Å². The minimum atomic E-state index is -1.77. The van der Waals surface area contributed by atoms with E-state index in [4.69, 9.17) is 13.6 Å². The van der Waals surface area contributed by atoms with Crippen molar-refractivity contribution in [2.24, 2.45) is 0 Å². The van der Waals surface area contributed by atoms with Gasteiger partial charge >= 0.3 is 0 Å². The minimum absolute atomic E-state index is 0.235. The van der Waals surface area contributed by atoms with Gasteiger partial charge in [0.1, 0.15) is 0 Å². The second-order valence-corrected chi connectivity index (χ2v) is 20.1. The van der Waals surface area contributed by atoms with Crippen LogP contribution in [0.2, 0.25) is 36.3 Å². The third kappa shape index (κ3) is 6.56. The van der Waals surface area contributed by atoms with E-state index in [-0.39, 0.29) is 22.3 Å². The lowest BCUT2D eigenvalue weighted by Crippen LogP contribution is -2.47. The quantitative estimate of drug-likeness (QED) is 0.387. The second kappa shape index (κ2) is 7.51. The van der Waals surface area contributed by atoms with Gasteiger partial charge in [-0.15, -0.1) is 0 Å². The van der Waals surface area contributed by atoms with Crippen molar-refractivity contribution < 1.29 is 13.6 Å². The lowest BCUT2D eigenvalue weighted by molar-refractivity contribution is 0.0905. The highest BCUT2D eigenvalue weighted by Crippen LogP contribution is 2.40. The molecule has 1 heterocycles. The van der Waals surface area contributed by atoms with E-state index in [9.17, 15) is 0 Å². The average Bonchev–Trinajstić information content (AvgIpc) is 3.07. The van der Waals surface area contributed by atoms with Crippen LogP contribution >= 0.6 is 0 Å². The Kier molecular flexibility index (Phi) is 7.00. The van der Waals surface area contributed by atoms with Gasteiger partial charge in [-0.2, -0.15) is 0 Å². The first-order valence-corrected chi connectivity index (χ1v) is 15.3. The minimum Gasteiger partial charge on any atom is -0.414 e. The summed E-state index contributed by atoms with van der Waals surface area (Å²) in [5.41, 5.74) is 0. The number of hydrogen-bond donors (Lipinski definition) is 0. The third-order valence-corrected chi connectivity index (χ3v) is 15.2. The van der Waals surface area contributed by atoms with Gasteiger partial charge in [0.15, 0.2) is 16.6 Å². The molecule has 144 valence electrons. The molecule has 24 heavy (non-hydrogen) atoms. The second-order valence-electron chi connectivity index (χ2n) is 10.6. The van der Waals surface area contributed by atoms with Crippen molar-refractivity contribution in [1.82, 2.24) is 0 Å². The van der Waals surface area contributed by atoms with Crippen LogP contribution in [0.15, 0.2) is 0 Å². The Balaban J connectivity index is 2.72. The van der Waals surface area contributed by atoms with Crippen LogP contribution in [0.25, 0.3) is 0 Å². The van der Waals surface area contributed by atoms with E-state index < -0.39 is 16.6 Å². The molecule has 1 fully saturated rings. The van der Waals surface area contributed by atoms with Gasteiger partial charge in [0.25, 0.3) is 0 Å². The largest absolute Gasteiger partial charge is 0.414 e. The Bertz CT molecular complexity index is 404. The number of hydrogen-bond acceptors (Lipinski definition) is 3. The predicted molar refractivity (Wildman–Crippen MR) is 109 cm³/mol. The fraction of sp³-hybridized carbons (Fsp3) is 1.00. The smallest absolute Gasteiger partial charge is 0.192 e. The predicted octanol–water partition coefficient (Wildman–Crippen LogP) is 5.97. The summed E-state index contributed by atoms with van der Waals surface area (Å²) in [4.78, 5) is 0. The highest BCUT2D eigenvalue weighted by molar-refractivity contribution is 6.74. The zero-order chi connectivity index (χ0) is 19.0. The van der Waals surface area contributed by atoms with Crippen LogP contribution < -0.4 is 0 Å². The number of rotatable bonds is 8. The summed E-state index contributed by atoms with van der Waals surface area (Å²) in [7, 11) is -3.50. The molecule has 0 spiro atoms. The van der Waals surface area contributed by atoms with E-state index >= 15 is 0 Å². The molecular weight excluding hydrogens is 332 g/mol. The Morgan fingerprint density at radius 2 is 1.33 bits per heavy atom. The Hall–Kier alpha value is 0.314. The van der Waals surface area contributed by atoms with Gasteiger partial charge in [0.2, 0.25) is 0 Å². The van der Waals surface area contributed by atoms with Gasteiger partial charge in [0.05, 0.1) is 18.8 Å². The molecule has 0 aromatic heterocycles. The summed E-state index contributed by atoms with van der Waals surface area (Å²) in [5, 5.41) is 0.482. The van der Waals surface area contributed by atoms with Crippen LogP contribution in [-0.2, 0) is 13.6 Å². The summed E-state index contributed by atoms with van der Waals surface area (Å²) in [6.07, 6.45) is 2.87. The molecule has 3 nitrogen and oxygen atoms in total. The maximum atomic E-state index is 6.72. The van der Waals surface area contributed by atoms with Crippen molar-refractivity contribution in [3.05, 3.63) is 0 Å². The molecule has 0 amide bonds. The maximum absolute atomic E-state index is 6.72. The number of epoxide rings is 1. The summed E-state index contributed by atoms with van der Waals surface area (Å²) in [6, 6.07) is 0. The molecular formula is C19H42O3Si2. The molecule has 1 rings (SSSR count). The fourth-order valence-corrected chi connectivity index (χ4v) is 5.22. The van der Waals surface area contributed by atoms with Crippen molar-refractivity contribution in [2.45, 2.75) is 116 Å². The van der Waals surface area contributed by atoms with E-state index in [0.717, 1.165) is 19.4 Å². The Labute approximate surface area is 153 Å². The molecule has 3 atom stereocenters. The van der Waals surface area contributed by atoms with Crippen LogP contribution in [0.3, 0.4) is 0 Å². The Morgan fingerprint density at radius 3 is 1.71 bits per heavy atom. The van der Waals surface area contributed by atoms with Crippen molar-refractivity contribution in [3.63, 3.8) is 0 Å². The molecule has 1 saturated heterocycles. The summed E-state index contributed by atoms with van der Waals surface area (Å²) < 4.78 is 18.8. The van der Waals surface area contributed by atoms with Gasteiger partial charge < -0.3 is 13.6 Å². The molecule has 0 unspecified atom stereocenters. The van der Waals surface area contributed by atoms with Crippen LogP contribution in [-0.4, -0.2) is 41.6 Å². The standard InChI is InChI=1S/C19H42O3Si2/c1-15(21-23(8,9)18(2,3)4)12-16(13-17-14-20-17)22-24(10,11)19(5,6)7/h15-17H,12-14H2,1-11H3/t15-,16+,17-/m1/s1. The molecule has 1 aliphatic rings. The van der Waals surface area contributed by atoms with Gasteiger partial charge in [-0.05, 0) is 49.6 Å². The lowest BCUT2D eigenvalue weighted by atomic mass is 10.1. The highest BCUT2D eigenvalue weighted by atomic mass is 28.4. The SMILES string of the molecule is C[C@H](C[C@@H](C[C@@H]1CO1)O[Si](C)(C)C(C)(C)C)O[Si](C)(C)C(C)(C)C. The molecule has 0 aliphatic carbocycles. The highest BCUT2D eigenvalue weighted by Gasteiger charge is 2.42. The third-order valence-electron chi connectivity index (χ3n) is 6.09. The summed E-state index contributed by atoms with van der Waals surface area (Å²) in [6.45, 7) is 26.3. The molecule has 0 bridgehead atoms. The normalized spacial score (nSPS) is 22.4. The summed E-state index contributed by atoms with van der Waals surface area (Å²) in [5.74, 6) is 0. The molecule has 5 heteroatoms. The molecule has 1 aliphatic heterocycles. The van der Waals surface area contributed by atoms with E-state index in [2.05, 4.69) is 74.7 Å². The topological polar surface area (TPSA) is 31.0 Å². The van der Waals surface area contributed by atoms with E-state index in [1.807, 2.05) is 0 Å². The first-order chi connectivity index (χ1) is 10.6. The van der Waals surface area contributed by atoms with Crippen molar-refractivity contribution in [1.29, 1.82) is 0 Å². The first-order valence-electron chi connectivity index (χ1n) is 9.52. The van der Waals surface area contributed by atoms with E-state index in [1.165, 1.54) is 0 Å². The molecule has 0 saturated carbocycles. The lowest BCUT2D eigenvalue weighted by Gasteiger charge is -2.42. The van der Waals surface area contributed by atoms with Crippen molar-refractivity contribution in [3.8, 4) is 0 Å². The first kappa shape index (κ1) is 22.4. The van der Waals surface area contributed by atoms with Gasteiger partial charge in [0, 0.05) is 12.5 Å².